The second-order valence-electron chi connectivity index (χ2n) is 9.80. The molecule has 0 aliphatic heterocycles. The second-order valence-corrected chi connectivity index (χ2v) is 10.2. The van der Waals surface area contributed by atoms with Gasteiger partial charge in [-0.2, -0.15) is 0 Å². The van der Waals surface area contributed by atoms with E-state index < -0.39 is 5.97 Å². The highest BCUT2D eigenvalue weighted by Crippen LogP contribution is 2.33. The molecular formula is C30H33ClN4O3. The topological polar surface area (TPSA) is 92.2 Å². The molecular weight excluding hydrogens is 500 g/mol. The fraction of sp³-hybridized carbons (Fsp3) is 0.267. The molecule has 7 nitrogen and oxygen atoms in total. The summed E-state index contributed by atoms with van der Waals surface area (Å²) in [6.07, 6.45) is 0.518. The normalized spacial score (nSPS) is 12.1. The van der Waals surface area contributed by atoms with E-state index in [2.05, 4.69) is 48.1 Å². The van der Waals surface area contributed by atoms with Crippen LogP contribution in [-0.2, 0) is 17.8 Å². The summed E-state index contributed by atoms with van der Waals surface area (Å²) in [4.78, 5) is 23.4. The van der Waals surface area contributed by atoms with E-state index in [-0.39, 0.29) is 12.3 Å². The molecule has 0 unspecified atom stereocenters. The van der Waals surface area contributed by atoms with Crippen molar-refractivity contribution in [3.05, 3.63) is 94.0 Å². The van der Waals surface area contributed by atoms with E-state index in [0.29, 0.717) is 28.2 Å². The molecule has 198 valence electrons. The van der Waals surface area contributed by atoms with Crippen LogP contribution in [0.3, 0.4) is 0 Å². The van der Waals surface area contributed by atoms with Gasteiger partial charge >= 0.3 is 5.97 Å². The number of carboxylic acids is 1. The van der Waals surface area contributed by atoms with E-state index >= 15 is 0 Å². The smallest absolute Gasteiger partial charge is 0.303 e. The number of benzene rings is 3. The van der Waals surface area contributed by atoms with E-state index in [1.54, 1.807) is 12.1 Å². The molecule has 1 aromatic heterocycles. The van der Waals surface area contributed by atoms with Gasteiger partial charge in [0.25, 0.3) is 0 Å². The number of nitrogens with one attached hydrogen (secondary N) is 1. The molecule has 0 bridgehead atoms. The Morgan fingerprint density at radius 1 is 0.947 bits per heavy atom. The summed E-state index contributed by atoms with van der Waals surface area (Å²) in [5.74, 6) is -0.818. The molecule has 0 radical (unpaired) electrons. The number of aromatic amines is 1. The zero-order valence-electron chi connectivity index (χ0n) is 21.9. The van der Waals surface area contributed by atoms with E-state index in [0.717, 1.165) is 41.8 Å². The number of aromatic nitrogens is 1. The number of fused-ring (bicyclic) bond motifs is 1. The second kappa shape index (κ2) is 12.3. The number of H-pyrrole nitrogens is 1. The number of carbonyl (C=O) groups is 1. The van der Waals surface area contributed by atoms with Gasteiger partial charge in [0.1, 0.15) is 0 Å². The largest absolute Gasteiger partial charge is 0.494 e. The number of hydrogen-bond acceptors (Lipinski definition) is 5. The van der Waals surface area contributed by atoms with Gasteiger partial charge < -0.3 is 25.0 Å². The first-order valence-corrected chi connectivity index (χ1v) is 12.9. The van der Waals surface area contributed by atoms with Gasteiger partial charge in [0, 0.05) is 42.0 Å². The van der Waals surface area contributed by atoms with Crippen LogP contribution in [-0.4, -0.2) is 70.9 Å². The quantitative estimate of drug-likeness (QED) is 0.215. The van der Waals surface area contributed by atoms with E-state index in [4.69, 9.17) is 21.7 Å². The summed E-state index contributed by atoms with van der Waals surface area (Å²) in [5.41, 5.74) is 5.60. The number of aromatic hydroxyl groups is 1. The molecule has 0 amide bonds. The number of likely N-dealkylation sites (N-methyl/N-ethyl adjacent to an activating group) is 2. The Morgan fingerprint density at radius 2 is 1.63 bits per heavy atom. The molecule has 4 rings (SSSR count). The summed E-state index contributed by atoms with van der Waals surface area (Å²) in [7, 11) is 6.25. The standard InChI is InChI=1S/C30H33ClN4O3/c1-34(2)16-17-35(3)19-21-6-12-24(13-7-21)32-29(22-9-4-20(5-10-22)8-15-27(36)37)28-25-14-11-23(31)18-26(25)33-30(28)38/h4-7,9-14,18,33,38H,8,15-17,19H2,1-3H3,(H,36,37). The highest BCUT2D eigenvalue weighted by Gasteiger charge is 2.19. The minimum atomic E-state index is -0.828. The van der Waals surface area contributed by atoms with Gasteiger partial charge in [-0.3, -0.25) is 4.79 Å². The Labute approximate surface area is 228 Å². The van der Waals surface area contributed by atoms with Crippen LogP contribution in [0.5, 0.6) is 5.88 Å². The molecule has 0 saturated carbocycles. The number of rotatable bonds is 11. The van der Waals surface area contributed by atoms with E-state index in [1.165, 1.54) is 5.56 Å². The Balaban J connectivity index is 1.69. The first kappa shape index (κ1) is 27.4. The van der Waals surface area contributed by atoms with Crippen LogP contribution in [0.4, 0.5) is 5.69 Å². The fourth-order valence-corrected chi connectivity index (χ4v) is 4.48. The third-order valence-corrected chi connectivity index (χ3v) is 6.63. The van der Waals surface area contributed by atoms with Crippen LogP contribution in [0.1, 0.15) is 28.7 Å². The van der Waals surface area contributed by atoms with Crippen molar-refractivity contribution in [3.8, 4) is 5.88 Å². The molecule has 0 fully saturated rings. The maximum atomic E-state index is 11.0. The lowest BCUT2D eigenvalue weighted by Gasteiger charge is -2.19. The van der Waals surface area contributed by atoms with Crippen LogP contribution in [0.25, 0.3) is 10.9 Å². The summed E-state index contributed by atoms with van der Waals surface area (Å²) >= 11 is 6.18. The molecule has 38 heavy (non-hydrogen) atoms. The molecule has 0 aliphatic carbocycles. The number of nitrogens with zero attached hydrogens (tertiary/aromatic N) is 3. The first-order chi connectivity index (χ1) is 18.2. The van der Waals surface area contributed by atoms with Crippen molar-refractivity contribution < 1.29 is 15.0 Å². The predicted octanol–water partition coefficient (Wildman–Crippen LogP) is 5.71. The van der Waals surface area contributed by atoms with Crippen LogP contribution in [0.15, 0.2) is 71.7 Å². The van der Waals surface area contributed by atoms with Gasteiger partial charge in [0.2, 0.25) is 0 Å². The summed E-state index contributed by atoms with van der Waals surface area (Å²) in [6.45, 7) is 2.81. The van der Waals surface area contributed by atoms with Crippen molar-refractivity contribution in [1.82, 2.24) is 14.8 Å². The van der Waals surface area contributed by atoms with E-state index in [9.17, 15) is 9.90 Å². The Bertz CT molecular complexity index is 1430. The molecule has 3 N–H and O–H groups in total. The minimum Gasteiger partial charge on any atom is -0.494 e. The molecule has 0 spiro atoms. The van der Waals surface area contributed by atoms with Crippen molar-refractivity contribution in [2.75, 3.05) is 34.2 Å². The third-order valence-electron chi connectivity index (χ3n) is 6.39. The van der Waals surface area contributed by atoms with E-state index in [1.807, 2.05) is 42.5 Å². The van der Waals surface area contributed by atoms with Crippen LogP contribution in [0.2, 0.25) is 5.02 Å². The predicted molar refractivity (Wildman–Crippen MR) is 154 cm³/mol. The van der Waals surface area contributed by atoms with Crippen LogP contribution >= 0.6 is 11.6 Å². The highest BCUT2D eigenvalue weighted by atomic mass is 35.5. The lowest BCUT2D eigenvalue weighted by molar-refractivity contribution is -0.136. The van der Waals surface area contributed by atoms with Crippen molar-refractivity contribution in [1.29, 1.82) is 0 Å². The number of halogens is 1. The molecule has 4 aromatic rings. The van der Waals surface area contributed by atoms with Gasteiger partial charge in [0.05, 0.1) is 22.5 Å². The molecule has 0 aliphatic rings. The van der Waals surface area contributed by atoms with Gasteiger partial charge in [-0.15, -0.1) is 0 Å². The molecule has 3 aromatic carbocycles. The Kier molecular flexibility index (Phi) is 8.84. The van der Waals surface area contributed by atoms with Gasteiger partial charge in [-0.1, -0.05) is 54.1 Å². The summed E-state index contributed by atoms with van der Waals surface area (Å²) in [5, 5.41) is 21.3. The summed E-state index contributed by atoms with van der Waals surface area (Å²) < 4.78 is 0. The SMILES string of the molecule is CN(C)CCN(C)Cc1ccc(N=C(c2ccc(CCC(=O)O)cc2)c2c(O)[nH]c3cc(Cl)ccc23)cc1. The number of aliphatic imine (C=N–C) groups is 1. The molecule has 0 atom stereocenters. The number of hydrogen-bond donors (Lipinski definition) is 3. The van der Waals surface area contributed by atoms with Crippen molar-refractivity contribution in [3.63, 3.8) is 0 Å². The zero-order chi connectivity index (χ0) is 27.2. The van der Waals surface area contributed by atoms with Gasteiger partial charge in [-0.05, 0) is 63.0 Å². The van der Waals surface area contributed by atoms with Crippen molar-refractivity contribution in [2.24, 2.45) is 4.99 Å². The van der Waals surface area contributed by atoms with Crippen molar-refractivity contribution in [2.45, 2.75) is 19.4 Å². The number of aliphatic carboxylic acids is 1. The third kappa shape index (κ3) is 7.01. The van der Waals surface area contributed by atoms with Gasteiger partial charge in [-0.25, -0.2) is 4.99 Å². The highest BCUT2D eigenvalue weighted by molar-refractivity contribution is 6.31. The Hall–Kier alpha value is -3.65. The Morgan fingerprint density at radius 3 is 2.29 bits per heavy atom. The molecule has 8 heteroatoms. The number of aryl methyl sites for hydroxylation is 1. The average molecular weight is 533 g/mol. The zero-order valence-corrected chi connectivity index (χ0v) is 22.7. The minimum absolute atomic E-state index is 0.00936. The van der Waals surface area contributed by atoms with Crippen molar-refractivity contribution >= 4 is 39.9 Å². The van der Waals surface area contributed by atoms with Crippen LogP contribution in [0, 0.1) is 0 Å². The monoisotopic (exact) mass is 532 g/mol. The first-order valence-electron chi connectivity index (χ1n) is 12.5. The lowest BCUT2D eigenvalue weighted by Crippen LogP contribution is -2.28. The summed E-state index contributed by atoms with van der Waals surface area (Å²) in [6, 6.07) is 21.2. The number of carboxylic acid groups (broad SMARTS) is 1. The molecule has 0 saturated heterocycles. The maximum absolute atomic E-state index is 11.0. The fourth-order valence-electron chi connectivity index (χ4n) is 4.31. The van der Waals surface area contributed by atoms with Crippen LogP contribution < -0.4 is 0 Å². The maximum Gasteiger partial charge on any atom is 0.303 e. The van der Waals surface area contributed by atoms with Gasteiger partial charge in [0.15, 0.2) is 5.88 Å². The lowest BCUT2D eigenvalue weighted by atomic mass is 9.98. The molecule has 1 heterocycles. The average Bonchev–Trinajstić information content (AvgIpc) is 3.20.